The molecule has 0 bridgehead atoms. The molecular weight excluding hydrogens is 288 g/mol. The summed E-state index contributed by atoms with van der Waals surface area (Å²) in [6.07, 6.45) is 6.38. The summed E-state index contributed by atoms with van der Waals surface area (Å²) in [5.41, 5.74) is 1.76. The summed E-state index contributed by atoms with van der Waals surface area (Å²) < 4.78 is 5.93. The standard InChI is InChI=1S/C15H17ClN4O/c16-14-10-18-5-3-15(14)20-8-11-7-12(2-6-19-11)21-13-1-4-17-9-13/h2-3,5-7,10,13,17H,1,4,8-9H2,(H,18,20). The van der Waals surface area contributed by atoms with Gasteiger partial charge in [0.15, 0.2) is 0 Å². The van der Waals surface area contributed by atoms with E-state index in [1.165, 1.54) is 0 Å². The van der Waals surface area contributed by atoms with Crippen LogP contribution in [0.4, 0.5) is 5.69 Å². The van der Waals surface area contributed by atoms with E-state index in [1.54, 1.807) is 18.6 Å². The van der Waals surface area contributed by atoms with Gasteiger partial charge in [0.2, 0.25) is 0 Å². The fraction of sp³-hybridized carbons (Fsp3) is 0.333. The molecule has 1 fully saturated rings. The second-order valence-corrected chi connectivity index (χ2v) is 5.33. The Morgan fingerprint density at radius 3 is 3.14 bits per heavy atom. The lowest BCUT2D eigenvalue weighted by molar-refractivity contribution is 0.222. The van der Waals surface area contributed by atoms with Crippen molar-refractivity contribution in [2.45, 2.75) is 19.1 Å². The molecule has 1 unspecified atom stereocenters. The Balaban J connectivity index is 1.61. The Kier molecular flexibility index (Phi) is 4.52. The van der Waals surface area contributed by atoms with Gasteiger partial charge in [0.05, 0.1) is 22.9 Å². The first-order valence-electron chi connectivity index (χ1n) is 6.97. The molecule has 0 saturated carbocycles. The molecule has 6 heteroatoms. The lowest BCUT2D eigenvalue weighted by atomic mass is 10.3. The number of hydrogen-bond donors (Lipinski definition) is 2. The fourth-order valence-electron chi connectivity index (χ4n) is 2.25. The molecule has 0 radical (unpaired) electrons. The number of anilines is 1. The zero-order chi connectivity index (χ0) is 14.5. The number of pyridine rings is 2. The molecule has 1 aliphatic heterocycles. The second kappa shape index (κ2) is 6.74. The van der Waals surface area contributed by atoms with Crippen LogP contribution in [0.3, 0.4) is 0 Å². The topological polar surface area (TPSA) is 59.1 Å². The van der Waals surface area contributed by atoms with Crippen molar-refractivity contribution in [3.8, 4) is 5.75 Å². The molecule has 1 saturated heterocycles. The van der Waals surface area contributed by atoms with Crippen LogP contribution in [0, 0.1) is 0 Å². The number of nitrogens with one attached hydrogen (secondary N) is 2. The largest absolute Gasteiger partial charge is 0.489 e. The van der Waals surface area contributed by atoms with Crippen molar-refractivity contribution >= 4 is 17.3 Å². The van der Waals surface area contributed by atoms with Gasteiger partial charge in [-0.15, -0.1) is 0 Å². The highest BCUT2D eigenvalue weighted by Gasteiger charge is 2.15. The highest BCUT2D eigenvalue weighted by molar-refractivity contribution is 6.33. The molecule has 0 amide bonds. The number of nitrogens with zero attached hydrogens (tertiary/aromatic N) is 2. The van der Waals surface area contributed by atoms with Gasteiger partial charge in [-0.3, -0.25) is 9.97 Å². The first-order chi connectivity index (χ1) is 10.3. The molecule has 2 N–H and O–H groups in total. The summed E-state index contributed by atoms with van der Waals surface area (Å²) >= 11 is 6.06. The van der Waals surface area contributed by atoms with E-state index in [4.69, 9.17) is 16.3 Å². The summed E-state index contributed by atoms with van der Waals surface area (Å²) in [6.45, 7) is 2.51. The summed E-state index contributed by atoms with van der Waals surface area (Å²) in [4.78, 5) is 8.30. The summed E-state index contributed by atoms with van der Waals surface area (Å²) in [5.74, 6) is 0.858. The SMILES string of the molecule is Clc1cnccc1NCc1cc(OC2CCNC2)ccn1. The molecule has 110 valence electrons. The van der Waals surface area contributed by atoms with Gasteiger partial charge in [-0.2, -0.15) is 0 Å². The van der Waals surface area contributed by atoms with Crippen LogP contribution in [-0.4, -0.2) is 29.2 Å². The molecule has 1 atom stereocenters. The molecule has 21 heavy (non-hydrogen) atoms. The van der Waals surface area contributed by atoms with Gasteiger partial charge in [-0.05, 0) is 25.1 Å². The Morgan fingerprint density at radius 1 is 1.38 bits per heavy atom. The maximum absolute atomic E-state index is 6.06. The normalized spacial score (nSPS) is 17.7. The van der Waals surface area contributed by atoms with Crippen molar-refractivity contribution in [1.29, 1.82) is 0 Å². The molecule has 5 nitrogen and oxygen atoms in total. The maximum Gasteiger partial charge on any atom is 0.123 e. The minimum Gasteiger partial charge on any atom is -0.489 e. The van der Waals surface area contributed by atoms with E-state index in [1.807, 2.05) is 18.2 Å². The van der Waals surface area contributed by atoms with Crippen molar-refractivity contribution < 1.29 is 4.74 Å². The monoisotopic (exact) mass is 304 g/mol. The molecule has 0 aliphatic carbocycles. The van der Waals surface area contributed by atoms with Crippen LogP contribution < -0.4 is 15.4 Å². The number of ether oxygens (including phenoxy) is 1. The van der Waals surface area contributed by atoms with Crippen LogP contribution in [0.2, 0.25) is 5.02 Å². The van der Waals surface area contributed by atoms with Crippen LogP contribution in [-0.2, 0) is 6.54 Å². The van der Waals surface area contributed by atoms with Crippen LogP contribution in [0.5, 0.6) is 5.75 Å². The third-order valence-electron chi connectivity index (χ3n) is 3.34. The van der Waals surface area contributed by atoms with Gasteiger partial charge in [0.25, 0.3) is 0 Å². The molecule has 3 rings (SSSR count). The quantitative estimate of drug-likeness (QED) is 0.889. The highest BCUT2D eigenvalue weighted by Crippen LogP contribution is 2.21. The van der Waals surface area contributed by atoms with Gasteiger partial charge in [0, 0.05) is 31.2 Å². The van der Waals surface area contributed by atoms with Crippen molar-refractivity contribution in [2.75, 3.05) is 18.4 Å². The molecule has 1 aliphatic rings. The van der Waals surface area contributed by atoms with E-state index in [9.17, 15) is 0 Å². The second-order valence-electron chi connectivity index (χ2n) is 4.92. The Hall–Kier alpha value is -1.85. The third-order valence-corrected chi connectivity index (χ3v) is 3.64. The van der Waals surface area contributed by atoms with Crippen LogP contribution >= 0.6 is 11.6 Å². The minimum absolute atomic E-state index is 0.253. The average molecular weight is 305 g/mol. The van der Waals surface area contributed by atoms with Crippen molar-refractivity contribution in [3.63, 3.8) is 0 Å². The minimum atomic E-state index is 0.253. The van der Waals surface area contributed by atoms with Gasteiger partial charge in [-0.25, -0.2) is 0 Å². The van der Waals surface area contributed by atoms with Crippen LogP contribution in [0.1, 0.15) is 12.1 Å². The third kappa shape index (κ3) is 3.83. The summed E-state index contributed by atoms with van der Waals surface area (Å²) in [6, 6.07) is 5.69. The lowest BCUT2D eigenvalue weighted by Crippen LogP contribution is -2.19. The summed E-state index contributed by atoms with van der Waals surface area (Å²) in [5, 5.41) is 7.13. The van der Waals surface area contributed by atoms with E-state index in [0.29, 0.717) is 11.6 Å². The zero-order valence-electron chi connectivity index (χ0n) is 11.6. The predicted molar refractivity (Wildman–Crippen MR) is 82.7 cm³/mol. The van der Waals surface area contributed by atoms with Crippen LogP contribution in [0.15, 0.2) is 36.8 Å². The maximum atomic E-state index is 6.06. The van der Waals surface area contributed by atoms with E-state index >= 15 is 0 Å². The number of halogens is 1. The summed E-state index contributed by atoms with van der Waals surface area (Å²) in [7, 11) is 0. The average Bonchev–Trinajstić information content (AvgIpc) is 3.00. The molecule has 0 spiro atoms. The Morgan fingerprint density at radius 2 is 2.33 bits per heavy atom. The van der Waals surface area contributed by atoms with Gasteiger partial charge in [0.1, 0.15) is 11.9 Å². The molecule has 2 aromatic rings. The van der Waals surface area contributed by atoms with Crippen molar-refractivity contribution in [2.24, 2.45) is 0 Å². The zero-order valence-corrected chi connectivity index (χ0v) is 12.3. The van der Waals surface area contributed by atoms with E-state index in [2.05, 4.69) is 20.6 Å². The van der Waals surface area contributed by atoms with E-state index in [-0.39, 0.29) is 6.10 Å². The van der Waals surface area contributed by atoms with Crippen molar-refractivity contribution in [1.82, 2.24) is 15.3 Å². The van der Waals surface area contributed by atoms with Gasteiger partial charge < -0.3 is 15.4 Å². The lowest BCUT2D eigenvalue weighted by Gasteiger charge is -2.13. The van der Waals surface area contributed by atoms with Gasteiger partial charge in [-0.1, -0.05) is 11.6 Å². The van der Waals surface area contributed by atoms with Crippen LogP contribution in [0.25, 0.3) is 0 Å². The number of hydrogen-bond acceptors (Lipinski definition) is 5. The molecule has 0 aromatic carbocycles. The predicted octanol–water partition coefficient (Wildman–Crippen LogP) is 2.48. The smallest absolute Gasteiger partial charge is 0.123 e. The van der Waals surface area contributed by atoms with E-state index in [0.717, 1.165) is 36.6 Å². The van der Waals surface area contributed by atoms with E-state index < -0.39 is 0 Å². The highest BCUT2D eigenvalue weighted by atomic mass is 35.5. The van der Waals surface area contributed by atoms with Gasteiger partial charge >= 0.3 is 0 Å². The number of rotatable bonds is 5. The first-order valence-corrected chi connectivity index (χ1v) is 7.35. The molecule has 3 heterocycles. The van der Waals surface area contributed by atoms with Crippen molar-refractivity contribution in [3.05, 3.63) is 47.5 Å². The molecular formula is C15H17ClN4O. The number of aromatic nitrogens is 2. The Labute approximate surface area is 128 Å². The molecule has 2 aromatic heterocycles. The Bertz CT molecular complexity index is 602. The first kappa shape index (κ1) is 14.1. The fourth-order valence-corrected chi connectivity index (χ4v) is 2.44.